The maximum Gasteiger partial charge on any atom is 0.230 e. The van der Waals surface area contributed by atoms with Crippen molar-refractivity contribution < 1.29 is 4.79 Å². The van der Waals surface area contributed by atoms with E-state index in [1.807, 2.05) is 0 Å². The first-order valence-corrected chi connectivity index (χ1v) is 5.22. The predicted octanol–water partition coefficient (Wildman–Crippen LogP) is 2.02. The summed E-state index contributed by atoms with van der Waals surface area (Å²) in [7, 11) is 0. The van der Waals surface area contributed by atoms with Gasteiger partial charge in [0.25, 0.3) is 0 Å². The molecule has 1 fully saturated rings. The van der Waals surface area contributed by atoms with Gasteiger partial charge >= 0.3 is 0 Å². The molecule has 14 heavy (non-hydrogen) atoms. The zero-order valence-corrected chi connectivity index (χ0v) is 9.82. The molecule has 1 unspecified atom stereocenters. The molecule has 2 N–H and O–H groups in total. The number of carbonyl (C=O) groups is 1. The lowest BCUT2D eigenvalue weighted by Gasteiger charge is -2.28. The molecule has 1 amide bonds. The van der Waals surface area contributed by atoms with E-state index < -0.39 is 0 Å². The number of rotatable bonds is 3. The first-order valence-electron chi connectivity index (χ1n) is 5.22. The maximum atomic E-state index is 10.7. The van der Waals surface area contributed by atoms with Crippen LogP contribution in [0.3, 0.4) is 0 Å². The summed E-state index contributed by atoms with van der Waals surface area (Å²) in [5, 5.41) is 0. The Bertz CT molecular complexity index is 170. The van der Waals surface area contributed by atoms with Gasteiger partial charge in [-0.3, -0.25) is 10.2 Å². The van der Waals surface area contributed by atoms with Gasteiger partial charge in [0.15, 0.2) is 0 Å². The molecule has 0 radical (unpaired) electrons. The minimum absolute atomic E-state index is 0. The Morgan fingerprint density at radius 3 is 2.36 bits per heavy atom. The quantitative estimate of drug-likeness (QED) is 0.715. The highest BCUT2D eigenvalue weighted by atomic mass is 35.5. The first kappa shape index (κ1) is 13.7. The molecule has 0 aromatic carbocycles. The summed E-state index contributed by atoms with van der Waals surface area (Å²) in [6.07, 6.45) is 6.67. The van der Waals surface area contributed by atoms with Crippen LogP contribution in [0.2, 0.25) is 0 Å². The van der Waals surface area contributed by atoms with Crippen LogP contribution in [0.5, 0.6) is 0 Å². The Balaban J connectivity index is 0.00000169. The van der Waals surface area contributed by atoms with Gasteiger partial charge in [0, 0.05) is 13.0 Å². The van der Waals surface area contributed by atoms with E-state index in [0.29, 0.717) is 6.04 Å². The smallest absolute Gasteiger partial charge is 0.230 e. The number of hydrogen-bond donors (Lipinski definition) is 2. The summed E-state index contributed by atoms with van der Waals surface area (Å²) in [5.74, 6) is 0.725. The highest BCUT2D eigenvalue weighted by Crippen LogP contribution is 2.25. The van der Waals surface area contributed by atoms with Gasteiger partial charge < -0.3 is 0 Å². The molecule has 0 heterocycles. The van der Waals surface area contributed by atoms with Crippen molar-refractivity contribution in [2.45, 2.75) is 52.0 Å². The van der Waals surface area contributed by atoms with E-state index in [0.717, 1.165) is 5.92 Å². The lowest BCUT2D eigenvalue weighted by atomic mass is 9.85. The molecular formula is C10H21ClN2O. The minimum Gasteiger partial charge on any atom is -0.292 e. The molecule has 4 heteroatoms. The van der Waals surface area contributed by atoms with Crippen LogP contribution in [0.1, 0.15) is 46.0 Å². The summed E-state index contributed by atoms with van der Waals surface area (Å²) in [6, 6.07) is 0.407. The van der Waals surface area contributed by atoms with Crippen molar-refractivity contribution >= 4 is 18.3 Å². The molecule has 1 saturated carbocycles. The molecule has 84 valence electrons. The van der Waals surface area contributed by atoms with Crippen LogP contribution < -0.4 is 10.9 Å². The molecule has 0 aromatic rings. The lowest BCUT2D eigenvalue weighted by molar-refractivity contribution is -0.120. The molecular weight excluding hydrogens is 200 g/mol. The zero-order valence-electron chi connectivity index (χ0n) is 9.01. The van der Waals surface area contributed by atoms with E-state index in [1.165, 1.54) is 39.0 Å². The van der Waals surface area contributed by atoms with E-state index in [-0.39, 0.29) is 18.3 Å². The van der Waals surface area contributed by atoms with Gasteiger partial charge in [-0.25, -0.2) is 5.43 Å². The second kappa shape index (κ2) is 7.07. The van der Waals surface area contributed by atoms with Crippen LogP contribution in [0.15, 0.2) is 0 Å². The normalized spacial score (nSPS) is 19.6. The number of carbonyl (C=O) groups excluding carboxylic acids is 1. The standard InChI is InChI=1S/C10H20N2O.ClH/c1-8(11-12-9(2)13)10-6-4-3-5-7-10;/h8,10-11H,3-7H2,1-2H3,(H,12,13);1H. The molecule has 3 nitrogen and oxygen atoms in total. The van der Waals surface area contributed by atoms with Gasteiger partial charge in [-0.05, 0) is 25.7 Å². The third-order valence-corrected chi connectivity index (χ3v) is 2.83. The van der Waals surface area contributed by atoms with Gasteiger partial charge in [-0.2, -0.15) is 0 Å². The minimum atomic E-state index is -0.0114. The Morgan fingerprint density at radius 1 is 1.29 bits per heavy atom. The number of nitrogens with one attached hydrogen (secondary N) is 2. The summed E-state index contributed by atoms with van der Waals surface area (Å²) in [6.45, 7) is 3.67. The van der Waals surface area contributed by atoms with E-state index >= 15 is 0 Å². The van der Waals surface area contributed by atoms with E-state index in [2.05, 4.69) is 17.8 Å². The molecule has 0 bridgehead atoms. The second-order valence-electron chi connectivity index (χ2n) is 4.01. The van der Waals surface area contributed by atoms with E-state index in [1.54, 1.807) is 0 Å². The fourth-order valence-corrected chi connectivity index (χ4v) is 1.97. The van der Waals surface area contributed by atoms with Crippen molar-refractivity contribution in [3.8, 4) is 0 Å². The van der Waals surface area contributed by atoms with Crippen LogP contribution in [0, 0.1) is 5.92 Å². The van der Waals surface area contributed by atoms with Crippen LogP contribution in [-0.4, -0.2) is 11.9 Å². The van der Waals surface area contributed by atoms with Crippen molar-refractivity contribution in [3.63, 3.8) is 0 Å². The van der Waals surface area contributed by atoms with Gasteiger partial charge in [0.2, 0.25) is 5.91 Å². The van der Waals surface area contributed by atoms with Gasteiger partial charge in [-0.15, -0.1) is 12.4 Å². The van der Waals surface area contributed by atoms with Crippen molar-refractivity contribution in [1.82, 2.24) is 10.9 Å². The van der Waals surface area contributed by atoms with Gasteiger partial charge in [-0.1, -0.05) is 19.3 Å². The number of halogens is 1. The van der Waals surface area contributed by atoms with Crippen molar-refractivity contribution in [1.29, 1.82) is 0 Å². The summed E-state index contributed by atoms with van der Waals surface area (Å²) in [5.41, 5.74) is 5.71. The van der Waals surface area contributed by atoms with Crippen LogP contribution in [0.4, 0.5) is 0 Å². The summed E-state index contributed by atoms with van der Waals surface area (Å²) >= 11 is 0. The fraction of sp³-hybridized carbons (Fsp3) is 0.900. The van der Waals surface area contributed by atoms with Crippen LogP contribution in [-0.2, 0) is 4.79 Å². The van der Waals surface area contributed by atoms with Crippen molar-refractivity contribution in [2.24, 2.45) is 5.92 Å². The second-order valence-corrected chi connectivity index (χ2v) is 4.01. The number of amides is 1. The van der Waals surface area contributed by atoms with Crippen LogP contribution >= 0.6 is 12.4 Å². The van der Waals surface area contributed by atoms with Crippen molar-refractivity contribution in [3.05, 3.63) is 0 Å². The topological polar surface area (TPSA) is 41.1 Å². The predicted molar refractivity (Wildman–Crippen MR) is 60.2 cm³/mol. The lowest BCUT2D eigenvalue weighted by Crippen LogP contribution is -2.45. The van der Waals surface area contributed by atoms with Gasteiger partial charge in [0.1, 0.15) is 0 Å². The third-order valence-electron chi connectivity index (χ3n) is 2.83. The molecule has 0 spiro atoms. The molecule has 0 aromatic heterocycles. The highest BCUT2D eigenvalue weighted by molar-refractivity contribution is 5.85. The molecule has 1 aliphatic carbocycles. The largest absolute Gasteiger partial charge is 0.292 e. The Morgan fingerprint density at radius 2 is 1.86 bits per heavy atom. The molecule has 1 atom stereocenters. The molecule has 1 aliphatic rings. The summed E-state index contributed by atoms with van der Waals surface area (Å²) < 4.78 is 0. The SMILES string of the molecule is CC(=O)NNC(C)C1CCCCC1.Cl. The third kappa shape index (κ3) is 4.82. The Labute approximate surface area is 92.4 Å². The Hall–Kier alpha value is -0.280. The Kier molecular flexibility index (Phi) is 6.93. The summed E-state index contributed by atoms with van der Waals surface area (Å²) in [4.78, 5) is 10.7. The molecule has 1 rings (SSSR count). The number of hydrogen-bond acceptors (Lipinski definition) is 2. The fourth-order valence-electron chi connectivity index (χ4n) is 1.97. The molecule has 0 aliphatic heterocycles. The average molecular weight is 221 g/mol. The maximum absolute atomic E-state index is 10.7. The number of hydrazine groups is 1. The van der Waals surface area contributed by atoms with E-state index in [9.17, 15) is 4.79 Å². The average Bonchev–Trinajstić information content (AvgIpc) is 2.15. The first-order chi connectivity index (χ1) is 6.20. The van der Waals surface area contributed by atoms with Crippen molar-refractivity contribution in [2.75, 3.05) is 0 Å². The van der Waals surface area contributed by atoms with Gasteiger partial charge in [0.05, 0.1) is 0 Å². The highest BCUT2D eigenvalue weighted by Gasteiger charge is 2.19. The molecule has 0 saturated heterocycles. The van der Waals surface area contributed by atoms with E-state index in [4.69, 9.17) is 0 Å². The monoisotopic (exact) mass is 220 g/mol. The zero-order chi connectivity index (χ0) is 9.68. The van der Waals surface area contributed by atoms with Crippen LogP contribution in [0.25, 0.3) is 0 Å².